The van der Waals surface area contributed by atoms with Gasteiger partial charge in [0, 0.05) is 12.6 Å². The van der Waals surface area contributed by atoms with E-state index in [4.69, 9.17) is 5.73 Å². The lowest BCUT2D eigenvalue weighted by Crippen LogP contribution is -2.36. The minimum Gasteiger partial charge on any atom is -0.339 e. The summed E-state index contributed by atoms with van der Waals surface area (Å²) in [5.41, 5.74) is 5.37. The standard InChI is InChI=1S/C15H19F3N2O/c16-15(17,18)12-4-2-11(3-5-12)10-14(21)20(9-1-8-19)13-6-7-13/h2-5,13H,1,6-10,19H2. The van der Waals surface area contributed by atoms with Crippen molar-refractivity contribution in [3.05, 3.63) is 35.4 Å². The third-order valence-electron chi connectivity index (χ3n) is 3.55. The minimum atomic E-state index is -4.34. The highest BCUT2D eigenvalue weighted by atomic mass is 19.4. The summed E-state index contributed by atoms with van der Waals surface area (Å²) in [4.78, 5) is 14.1. The second-order valence-corrected chi connectivity index (χ2v) is 5.33. The fourth-order valence-corrected chi connectivity index (χ4v) is 2.25. The second kappa shape index (κ2) is 6.47. The molecule has 1 aromatic rings. The van der Waals surface area contributed by atoms with Gasteiger partial charge in [0.1, 0.15) is 0 Å². The topological polar surface area (TPSA) is 46.3 Å². The summed E-state index contributed by atoms with van der Waals surface area (Å²) in [6, 6.07) is 5.07. The molecule has 0 saturated heterocycles. The van der Waals surface area contributed by atoms with E-state index in [0.29, 0.717) is 24.7 Å². The van der Waals surface area contributed by atoms with Gasteiger partial charge in [-0.15, -0.1) is 0 Å². The molecule has 21 heavy (non-hydrogen) atoms. The monoisotopic (exact) mass is 300 g/mol. The Morgan fingerprint density at radius 3 is 2.33 bits per heavy atom. The van der Waals surface area contributed by atoms with Crippen LogP contribution >= 0.6 is 0 Å². The Bertz CT molecular complexity index is 481. The minimum absolute atomic E-state index is 0.0364. The summed E-state index contributed by atoms with van der Waals surface area (Å²) < 4.78 is 37.4. The van der Waals surface area contributed by atoms with Crippen LogP contribution in [0, 0.1) is 0 Å². The lowest BCUT2D eigenvalue weighted by Gasteiger charge is -2.22. The first-order valence-corrected chi connectivity index (χ1v) is 7.07. The Labute approximate surface area is 121 Å². The summed E-state index contributed by atoms with van der Waals surface area (Å²) in [5.74, 6) is -0.0364. The van der Waals surface area contributed by atoms with Crippen molar-refractivity contribution in [2.24, 2.45) is 5.73 Å². The summed E-state index contributed by atoms with van der Waals surface area (Å²) >= 11 is 0. The van der Waals surface area contributed by atoms with Crippen molar-refractivity contribution in [1.29, 1.82) is 0 Å². The van der Waals surface area contributed by atoms with Crippen molar-refractivity contribution < 1.29 is 18.0 Å². The molecule has 2 rings (SSSR count). The molecule has 0 aliphatic heterocycles. The van der Waals surface area contributed by atoms with Crippen LogP contribution in [-0.4, -0.2) is 29.9 Å². The molecule has 0 radical (unpaired) electrons. The maximum absolute atomic E-state index is 12.5. The zero-order chi connectivity index (χ0) is 15.5. The van der Waals surface area contributed by atoms with Gasteiger partial charge in [0.05, 0.1) is 12.0 Å². The van der Waals surface area contributed by atoms with Crippen LogP contribution in [0.3, 0.4) is 0 Å². The van der Waals surface area contributed by atoms with E-state index in [-0.39, 0.29) is 12.3 Å². The van der Waals surface area contributed by atoms with E-state index < -0.39 is 11.7 Å². The fourth-order valence-electron chi connectivity index (χ4n) is 2.25. The van der Waals surface area contributed by atoms with Crippen LogP contribution < -0.4 is 5.73 Å². The van der Waals surface area contributed by atoms with Crippen molar-refractivity contribution in [3.8, 4) is 0 Å². The molecule has 6 heteroatoms. The molecule has 1 fully saturated rings. The van der Waals surface area contributed by atoms with Crippen LogP contribution in [0.2, 0.25) is 0 Å². The van der Waals surface area contributed by atoms with Gasteiger partial charge in [0.15, 0.2) is 0 Å². The number of nitrogens with two attached hydrogens (primary N) is 1. The summed E-state index contributed by atoms with van der Waals surface area (Å²) in [5, 5.41) is 0. The van der Waals surface area contributed by atoms with Crippen LogP contribution in [0.25, 0.3) is 0 Å². The Balaban J connectivity index is 1.97. The molecule has 2 N–H and O–H groups in total. The average Bonchev–Trinajstić information content (AvgIpc) is 3.23. The lowest BCUT2D eigenvalue weighted by molar-refractivity contribution is -0.137. The van der Waals surface area contributed by atoms with E-state index in [1.807, 2.05) is 4.90 Å². The Morgan fingerprint density at radius 2 is 1.86 bits per heavy atom. The van der Waals surface area contributed by atoms with Gasteiger partial charge < -0.3 is 10.6 Å². The second-order valence-electron chi connectivity index (χ2n) is 5.33. The molecule has 0 bridgehead atoms. The SMILES string of the molecule is NCCCN(C(=O)Cc1ccc(C(F)(F)F)cc1)C1CC1. The van der Waals surface area contributed by atoms with E-state index in [2.05, 4.69) is 0 Å². The first kappa shape index (κ1) is 15.8. The largest absolute Gasteiger partial charge is 0.416 e. The van der Waals surface area contributed by atoms with Crippen LogP contribution in [0.5, 0.6) is 0 Å². The van der Waals surface area contributed by atoms with Crippen molar-refractivity contribution in [2.75, 3.05) is 13.1 Å². The van der Waals surface area contributed by atoms with Crippen LogP contribution in [0.15, 0.2) is 24.3 Å². The van der Waals surface area contributed by atoms with E-state index in [1.54, 1.807) is 0 Å². The van der Waals surface area contributed by atoms with Crippen molar-refractivity contribution in [1.82, 2.24) is 4.90 Å². The molecular formula is C15H19F3N2O. The number of benzene rings is 1. The smallest absolute Gasteiger partial charge is 0.339 e. The third kappa shape index (κ3) is 4.46. The maximum atomic E-state index is 12.5. The lowest BCUT2D eigenvalue weighted by atomic mass is 10.1. The molecule has 0 aromatic heterocycles. The quantitative estimate of drug-likeness (QED) is 0.877. The zero-order valence-corrected chi connectivity index (χ0v) is 11.7. The number of nitrogens with zero attached hydrogens (tertiary/aromatic N) is 1. The van der Waals surface area contributed by atoms with Gasteiger partial charge in [-0.05, 0) is 43.5 Å². The molecule has 3 nitrogen and oxygen atoms in total. The molecule has 1 aromatic carbocycles. The van der Waals surface area contributed by atoms with Gasteiger partial charge in [0.2, 0.25) is 5.91 Å². The first-order chi connectivity index (χ1) is 9.91. The Kier molecular flexibility index (Phi) is 4.88. The van der Waals surface area contributed by atoms with Crippen molar-refractivity contribution >= 4 is 5.91 Å². The molecule has 1 saturated carbocycles. The molecule has 1 aliphatic rings. The van der Waals surface area contributed by atoms with Crippen LogP contribution in [-0.2, 0) is 17.4 Å². The highest BCUT2D eigenvalue weighted by molar-refractivity contribution is 5.79. The number of hydrogen-bond donors (Lipinski definition) is 1. The molecule has 116 valence electrons. The highest BCUT2D eigenvalue weighted by Crippen LogP contribution is 2.30. The maximum Gasteiger partial charge on any atom is 0.416 e. The van der Waals surface area contributed by atoms with E-state index in [9.17, 15) is 18.0 Å². The molecular weight excluding hydrogens is 281 g/mol. The summed E-state index contributed by atoms with van der Waals surface area (Å²) in [6.07, 6.45) is -1.45. The van der Waals surface area contributed by atoms with Gasteiger partial charge in [0.25, 0.3) is 0 Å². The number of hydrogen-bond acceptors (Lipinski definition) is 2. The number of amides is 1. The summed E-state index contributed by atoms with van der Waals surface area (Å²) in [7, 11) is 0. The normalized spacial score (nSPS) is 15.0. The van der Waals surface area contributed by atoms with E-state index in [1.165, 1.54) is 12.1 Å². The molecule has 0 atom stereocenters. The Hall–Kier alpha value is -1.56. The number of carbonyl (C=O) groups excluding carboxylic acids is 1. The van der Waals surface area contributed by atoms with Gasteiger partial charge in [-0.3, -0.25) is 4.79 Å². The highest BCUT2D eigenvalue weighted by Gasteiger charge is 2.32. The summed E-state index contributed by atoms with van der Waals surface area (Å²) in [6.45, 7) is 1.15. The Morgan fingerprint density at radius 1 is 1.24 bits per heavy atom. The van der Waals surface area contributed by atoms with Gasteiger partial charge in [-0.2, -0.15) is 13.2 Å². The predicted molar refractivity (Wildman–Crippen MR) is 73.6 cm³/mol. The molecule has 1 amide bonds. The fraction of sp³-hybridized carbons (Fsp3) is 0.533. The molecule has 0 unspecified atom stereocenters. The zero-order valence-electron chi connectivity index (χ0n) is 11.7. The predicted octanol–water partition coefficient (Wildman–Crippen LogP) is 2.59. The number of halogens is 3. The molecule has 0 spiro atoms. The first-order valence-electron chi connectivity index (χ1n) is 7.07. The van der Waals surface area contributed by atoms with E-state index >= 15 is 0 Å². The number of alkyl halides is 3. The molecule has 0 heterocycles. The average molecular weight is 300 g/mol. The number of rotatable bonds is 6. The number of carbonyl (C=O) groups is 1. The van der Waals surface area contributed by atoms with Gasteiger partial charge >= 0.3 is 6.18 Å². The van der Waals surface area contributed by atoms with Gasteiger partial charge in [-0.25, -0.2) is 0 Å². The van der Waals surface area contributed by atoms with E-state index in [0.717, 1.165) is 31.4 Å². The van der Waals surface area contributed by atoms with Crippen LogP contribution in [0.1, 0.15) is 30.4 Å². The third-order valence-corrected chi connectivity index (χ3v) is 3.55. The molecule has 1 aliphatic carbocycles. The van der Waals surface area contributed by atoms with Crippen molar-refractivity contribution in [3.63, 3.8) is 0 Å². The van der Waals surface area contributed by atoms with Crippen LogP contribution in [0.4, 0.5) is 13.2 Å². The van der Waals surface area contributed by atoms with Crippen molar-refractivity contribution in [2.45, 2.75) is 37.9 Å². The van der Waals surface area contributed by atoms with Gasteiger partial charge in [-0.1, -0.05) is 12.1 Å².